The van der Waals surface area contributed by atoms with Crippen LogP contribution in [0.1, 0.15) is 32.1 Å². The third-order valence-electron chi connectivity index (χ3n) is 5.17. The number of hydrogen-bond acceptors (Lipinski definition) is 2. The second kappa shape index (κ2) is 2.97. The Hall–Kier alpha value is 0.790. The third-order valence-corrected chi connectivity index (χ3v) is 7.84. The lowest BCUT2D eigenvalue weighted by molar-refractivity contribution is -0.00811. The third kappa shape index (κ3) is 1.21. The Morgan fingerprint density at radius 2 is 1.87 bits per heavy atom. The van der Waals surface area contributed by atoms with Crippen LogP contribution in [-0.4, -0.2) is 21.5 Å². The molecule has 84 valence electrons. The Kier molecular flexibility index (Phi) is 1.93. The van der Waals surface area contributed by atoms with E-state index in [1.165, 1.54) is 44.4 Å². The fourth-order valence-electron chi connectivity index (χ4n) is 4.91. The second-order valence-electron chi connectivity index (χ2n) is 6.06. The zero-order valence-corrected chi connectivity index (χ0v) is 11.4. The summed E-state index contributed by atoms with van der Waals surface area (Å²) in [6, 6.07) is 0. The van der Waals surface area contributed by atoms with Crippen molar-refractivity contribution in [1.82, 2.24) is 5.32 Å². The highest BCUT2D eigenvalue weighted by atomic mass is 79.9. The van der Waals surface area contributed by atoms with Crippen molar-refractivity contribution >= 4 is 27.7 Å². The monoisotopic (exact) mass is 287 g/mol. The van der Waals surface area contributed by atoms with Gasteiger partial charge in [-0.05, 0) is 49.9 Å². The van der Waals surface area contributed by atoms with Gasteiger partial charge < -0.3 is 5.32 Å². The largest absolute Gasteiger partial charge is 0.302 e. The first kappa shape index (κ1) is 9.78. The van der Waals surface area contributed by atoms with Gasteiger partial charge in [-0.25, -0.2) is 0 Å². The normalized spacial score (nSPS) is 61.8. The van der Waals surface area contributed by atoms with Gasteiger partial charge in [0.1, 0.15) is 0 Å². The number of thioether (sulfide) groups is 1. The summed E-state index contributed by atoms with van der Waals surface area (Å²) in [5.41, 5.74) is 0. The first-order chi connectivity index (χ1) is 7.20. The maximum absolute atomic E-state index is 4.05. The molecular formula is C12H18BrNS. The summed E-state index contributed by atoms with van der Waals surface area (Å²) >= 11 is 6.30. The Balaban J connectivity index is 1.75. The lowest BCUT2D eigenvalue weighted by atomic mass is 9.53. The summed E-state index contributed by atoms with van der Waals surface area (Å²) in [5.74, 6) is 4.29. The number of rotatable bonds is 0. The van der Waals surface area contributed by atoms with Gasteiger partial charge in [0.05, 0.1) is 4.87 Å². The molecule has 4 saturated carbocycles. The summed E-state index contributed by atoms with van der Waals surface area (Å²) < 4.78 is 0.541. The van der Waals surface area contributed by atoms with Gasteiger partial charge in [0.15, 0.2) is 0 Å². The summed E-state index contributed by atoms with van der Waals surface area (Å²) in [7, 11) is 0. The van der Waals surface area contributed by atoms with E-state index < -0.39 is 0 Å². The Bertz CT molecular complexity index is 282. The highest BCUT2D eigenvalue weighted by Crippen LogP contribution is 2.66. The molecule has 3 unspecified atom stereocenters. The smallest absolute Gasteiger partial charge is 0.0704 e. The average Bonchev–Trinajstić information content (AvgIpc) is 2.61. The van der Waals surface area contributed by atoms with Crippen molar-refractivity contribution in [3.8, 4) is 0 Å². The van der Waals surface area contributed by atoms with Gasteiger partial charge in [-0.1, -0.05) is 15.9 Å². The molecule has 5 fully saturated rings. The maximum Gasteiger partial charge on any atom is 0.0704 e. The van der Waals surface area contributed by atoms with Gasteiger partial charge in [0, 0.05) is 16.6 Å². The molecule has 15 heavy (non-hydrogen) atoms. The Morgan fingerprint density at radius 3 is 2.40 bits per heavy atom. The van der Waals surface area contributed by atoms with E-state index in [1.807, 2.05) is 0 Å². The molecule has 0 aromatic carbocycles. The van der Waals surface area contributed by atoms with Gasteiger partial charge in [-0.2, -0.15) is 0 Å². The van der Waals surface area contributed by atoms with E-state index in [0.717, 1.165) is 17.8 Å². The van der Waals surface area contributed by atoms with Gasteiger partial charge in [-0.15, -0.1) is 11.8 Å². The fourth-order valence-corrected chi connectivity index (χ4v) is 7.73. The van der Waals surface area contributed by atoms with Gasteiger partial charge >= 0.3 is 0 Å². The van der Waals surface area contributed by atoms with Gasteiger partial charge in [0.2, 0.25) is 0 Å². The molecule has 4 aliphatic carbocycles. The molecule has 5 rings (SSSR count). The summed E-state index contributed by atoms with van der Waals surface area (Å²) in [4.78, 5) is 0.508. The van der Waals surface area contributed by atoms with Crippen LogP contribution in [0.5, 0.6) is 0 Å². The molecule has 0 amide bonds. The SMILES string of the molecule is BrC12CC3C[C@H](C1)C1(NCCS1)[C@@H](C3)C2. The second-order valence-corrected chi connectivity index (χ2v) is 9.12. The van der Waals surface area contributed by atoms with Crippen molar-refractivity contribution in [3.63, 3.8) is 0 Å². The lowest BCUT2D eigenvalue weighted by Crippen LogP contribution is -2.64. The molecule has 1 heterocycles. The van der Waals surface area contributed by atoms with Crippen molar-refractivity contribution in [2.45, 2.75) is 41.3 Å². The molecule has 4 bridgehead atoms. The molecule has 5 aliphatic rings. The minimum Gasteiger partial charge on any atom is -0.302 e. The van der Waals surface area contributed by atoms with E-state index in [1.54, 1.807) is 0 Å². The van der Waals surface area contributed by atoms with Crippen LogP contribution in [0.4, 0.5) is 0 Å². The standard InChI is InChI=1S/C12H18BrNS/c13-11-5-8-3-9(6-11)12(10(4-8)7-11)14-1-2-15-12/h8-10,14H,1-7H2/t8?,9-,10+,11?,12?. The summed E-state index contributed by atoms with van der Waals surface area (Å²) in [6.07, 6.45) is 7.33. The van der Waals surface area contributed by atoms with Crippen LogP contribution in [0, 0.1) is 17.8 Å². The number of halogens is 1. The molecule has 1 aliphatic heterocycles. The fraction of sp³-hybridized carbons (Fsp3) is 1.00. The van der Waals surface area contributed by atoms with Crippen LogP contribution < -0.4 is 5.32 Å². The van der Waals surface area contributed by atoms with Crippen molar-refractivity contribution < 1.29 is 0 Å². The van der Waals surface area contributed by atoms with Gasteiger partial charge in [-0.3, -0.25) is 0 Å². The van der Waals surface area contributed by atoms with Crippen LogP contribution in [0.25, 0.3) is 0 Å². The summed E-state index contributed by atoms with van der Waals surface area (Å²) in [5, 5.41) is 3.87. The first-order valence-corrected chi connectivity index (χ1v) is 8.06. The van der Waals surface area contributed by atoms with Crippen molar-refractivity contribution in [1.29, 1.82) is 0 Å². The number of nitrogens with one attached hydrogen (secondary N) is 1. The van der Waals surface area contributed by atoms with Gasteiger partial charge in [0.25, 0.3) is 0 Å². The molecule has 1 N–H and O–H groups in total. The highest BCUT2D eigenvalue weighted by molar-refractivity contribution is 9.10. The molecule has 5 atom stereocenters. The zero-order valence-electron chi connectivity index (χ0n) is 8.97. The highest BCUT2D eigenvalue weighted by Gasteiger charge is 2.62. The topological polar surface area (TPSA) is 12.0 Å². The molecule has 1 spiro atoms. The molecule has 0 aromatic heterocycles. The molecule has 1 nitrogen and oxygen atoms in total. The zero-order chi connectivity index (χ0) is 10.1. The molecular weight excluding hydrogens is 270 g/mol. The Labute approximate surface area is 104 Å². The van der Waals surface area contributed by atoms with E-state index in [9.17, 15) is 0 Å². The maximum atomic E-state index is 4.05. The van der Waals surface area contributed by atoms with E-state index in [2.05, 4.69) is 33.0 Å². The minimum absolute atomic E-state index is 0.508. The van der Waals surface area contributed by atoms with Crippen molar-refractivity contribution in [2.75, 3.05) is 12.3 Å². The molecule has 0 aromatic rings. The number of alkyl halides is 1. The van der Waals surface area contributed by atoms with Crippen LogP contribution >= 0.6 is 27.7 Å². The molecule has 1 saturated heterocycles. The molecule has 0 radical (unpaired) electrons. The lowest BCUT2D eigenvalue weighted by Gasteiger charge is -2.62. The Morgan fingerprint density at radius 1 is 1.13 bits per heavy atom. The van der Waals surface area contributed by atoms with E-state index in [-0.39, 0.29) is 0 Å². The average molecular weight is 288 g/mol. The van der Waals surface area contributed by atoms with Crippen LogP contribution in [0.3, 0.4) is 0 Å². The van der Waals surface area contributed by atoms with Crippen LogP contribution in [-0.2, 0) is 0 Å². The summed E-state index contributed by atoms with van der Waals surface area (Å²) in [6.45, 7) is 1.25. The van der Waals surface area contributed by atoms with E-state index in [4.69, 9.17) is 0 Å². The quantitative estimate of drug-likeness (QED) is 0.688. The van der Waals surface area contributed by atoms with E-state index in [0.29, 0.717) is 9.20 Å². The van der Waals surface area contributed by atoms with Crippen molar-refractivity contribution in [2.24, 2.45) is 17.8 Å². The predicted octanol–water partition coefficient (Wildman–Crippen LogP) is 2.99. The predicted molar refractivity (Wildman–Crippen MR) is 68.4 cm³/mol. The molecule has 3 heteroatoms. The number of hydrogen-bond donors (Lipinski definition) is 1. The minimum atomic E-state index is 0.508. The van der Waals surface area contributed by atoms with Crippen LogP contribution in [0.2, 0.25) is 0 Å². The van der Waals surface area contributed by atoms with Crippen molar-refractivity contribution in [3.05, 3.63) is 0 Å². The van der Waals surface area contributed by atoms with Crippen LogP contribution in [0.15, 0.2) is 0 Å². The first-order valence-electron chi connectivity index (χ1n) is 6.28. The van der Waals surface area contributed by atoms with E-state index >= 15 is 0 Å².